The molecule has 19 heavy (non-hydrogen) atoms. The van der Waals surface area contributed by atoms with Crippen LogP contribution >= 0.6 is 31.9 Å². The number of alkyl halides is 3. The first-order valence-corrected chi connectivity index (χ1v) is 6.75. The lowest BCUT2D eigenvalue weighted by molar-refractivity contribution is -0.138. The molecule has 100 valence electrons. The predicted octanol–water partition coefficient (Wildman–Crippen LogP) is 6.02. The maximum atomic E-state index is 12.9. The third kappa shape index (κ3) is 3.51. The average molecular weight is 396 g/mol. The molecule has 1 nitrogen and oxygen atoms in total. The van der Waals surface area contributed by atoms with Gasteiger partial charge in [-0.1, -0.05) is 28.1 Å². The third-order valence-electron chi connectivity index (χ3n) is 2.31. The standard InChI is InChI=1S/C13H7Br2F3O/c14-8-5-6-9(13(16,17)18)12(7-8)19-11-4-2-1-3-10(11)15/h1-7H. The van der Waals surface area contributed by atoms with Crippen molar-refractivity contribution in [2.45, 2.75) is 6.18 Å². The Morgan fingerprint density at radius 1 is 0.895 bits per heavy atom. The van der Waals surface area contributed by atoms with E-state index in [4.69, 9.17) is 4.74 Å². The summed E-state index contributed by atoms with van der Waals surface area (Å²) >= 11 is 6.37. The fraction of sp³-hybridized carbons (Fsp3) is 0.0769. The Morgan fingerprint density at radius 2 is 1.58 bits per heavy atom. The summed E-state index contributed by atoms with van der Waals surface area (Å²) in [6, 6.07) is 10.3. The molecule has 0 radical (unpaired) electrons. The van der Waals surface area contributed by atoms with Crippen molar-refractivity contribution >= 4 is 31.9 Å². The highest BCUT2D eigenvalue weighted by molar-refractivity contribution is 9.10. The van der Waals surface area contributed by atoms with Gasteiger partial charge < -0.3 is 4.74 Å². The minimum Gasteiger partial charge on any atom is -0.456 e. The van der Waals surface area contributed by atoms with E-state index in [1.54, 1.807) is 24.3 Å². The van der Waals surface area contributed by atoms with E-state index in [1.807, 2.05) is 0 Å². The normalized spacial score (nSPS) is 11.4. The molecule has 0 fully saturated rings. The van der Waals surface area contributed by atoms with E-state index in [0.717, 1.165) is 6.07 Å². The summed E-state index contributed by atoms with van der Waals surface area (Å²) in [5.41, 5.74) is -0.813. The van der Waals surface area contributed by atoms with Gasteiger partial charge in [0.1, 0.15) is 11.5 Å². The number of benzene rings is 2. The molecule has 0 N–H and O–H groups in total. The number of hydrogen-bond acceptors (Lipinski definition) is 1. The Labute approximate surface area is 124 Å². The van der Waals surface area contributed by atoms with Crippen LogP contribution in [-0.2, 0) is 6.18 Å². The van der Waals surface area contributed by atoms with E-state index in [2.05, 4.69) is 31.9 Å². The molecule has 0 saturated heterocycles. The van der Waals surface area contributed by atoms with Crippen molar-refractivity contribution < 1.29 is 17.9 Å². The lowest BCUT2D eigenvalue weighted by Crippen LogP contribution is -2.07. The van der Waals surface area contributed by atoms with Gasteiger partial charge in [-0.15, -0.1) is 0 Å². The molecule has 6 heteroatoms. The minimum absolute atomic E-state index is 0.242. The van der Waals surface area contributed by atoms with Gasteiger partial charge in [-0.05, 0) is 46.3 Å². The van der Waals surface area contributed by atoms with Gasteiger partial charge in [-0.25, -0.2) is 0 Å². The topological polar surface area (TPSA) is 9.23 Å². The van der Waals surface area contributed by atoms with Gasteiger partial charge in [0.15, 0.2) is 0 Å². The molecule has 0 aliphatic rings. The first-order chi connectivity index (χ1) is 8.88. The fourth-order valence-corrected chi connectivity index (χ4v) is 2.17. The second-order valence-corrected chi connectivity index (χ2v) is 5.44. The van der Waals surface area contributed by atoms with E-state index in [0.29, 0.717) is 14.7 Å². The van der Waals surface area contributed by atoms with E-state index in [1.165, 1.54) is 12.1 Å². The quantitative estimate of drug-likeness (QED) is 0.603. The highest BCUT2D eigenvalue weighted by Gasteiger charge is 2.34. The zero-order valence-electron chi connectivity index (χ0n) is 9.34. The van der Waals surface area contributed by atoms with Gasteiger partial charge in [-0.2, -0.15) is 13.2 Å². The van der Waals surface area contributed by atoms with Crippen molar-refractivity contribution in [1.82, 2.24) is 0 Å². The molecule has 2 aromatic rings. The molecule has 0 saturated carbocycles. The summed E-state index contributed by atoms with van der Waals surface area (Å²) in [6.45, 7) is 0. The van der Waals surface area contributed by atoms with Gasteiger partial charge in [0.2, 0.25) is 0 Å². The molecule has 2 aromatic carbocycles. The summed E-state index contributed by atoms with van der Waals surface area (Å²) in [7, 11) is 0. The molecule has 0 heterocycles. The van der Waals surface area contributed by atoms with Gasteiger partial charge in [0.05, 0.1) is 10.0 Å². The van der Waals surface area contributed by atoms with Crippen LogP contribution in [0.2, 0.25) is 0 Å². The van der Waals surface area contributed by atoms with Crippen LogP contribution in [0.4, 0.5) is 13.2 Å². The van der Waals surface area contributed by atoms with E-state index < -0.39 is 11.7 Å². The van der Waals surface area contributed by atoms with E-state index >= 15 is 0 Å². The highest BCUT2D eigenvalue weighted by Crippen LogP contribution is 2.40. The summed E-state index contributed by atoms with van der Waals surface area (Å²) in [5, 5.41) is 0. The first-order valence-electron chi connectivity index (χ1n) is 5.17. The Kier molecular flexibility index (Phi) is 4.20. The van der Waals surface area contributed by atoms with Crippen LogP contribution in [0.1, 0.15) is 5.56 Å². The zero-order valence-corrected chi connectivity index (χ0v) is 12.5. The van der Waals surface area contributed by atoms with Crippen molar-refractivity contribution in [2.24, 2.45) is 0 Å². The van der Waals surface area contributed by atoms with Crippen molar-refractivity contribution in [1.29, 1.82) is 0 Å². The second-order valence-electron chi connectivity index (χ2n) is 3.67. The van der Waals surface area contributed by atoms with Crippen LogP contribution < -0.4 is 4.74 Å². The smallest absolute Gasteiger partial charge is 0.419 e. The van der Waals surface area contributed by atoms with Crippen molar-refractivity contribution in [3.8, 4) is 11.5 Å². The lowest BCUT2D eigenvalue weighted by Gasteiger charge is -2.14. The molecule has 2 rings (SSSR count). The van der Waals surface area contributed by atoms with Crippen LogP contribution in [0, 0.1) is 0 Å². The molecule has 0 atom stereocenters. The molecule has 0 bridgehead atoms. The van der Waals surface area contributed by atoms with Crippen LogP contribution in [0.15, 0.2) is 51.4 Å². The predicted molar refractivity (Wildman–Crippen MR) is 73.4 cm³/mol. The number of ether oxygens (including phenoxy) is 1. The van der Waals surface area contributed by atoms with Crippen molar-refractivity contribution in [3.63, 3.8) is 0 Å². The molecule has 0 spiro atoms. The molecular formula is C13H7Br2F3O. The van der Waals surface area contributed by atoms with E-state index in [9.17, 15) is 13.2 Å². The Hall–Kier alpha value is -1.01. The minimum atomic E-state index is -4.46. The first kappa shape index (κ1) is 14.4. The molecule has 0 aliphatic heterocycles. The summed E-state index contributed by atoms with van der Waals surface area (Å²) in [6.07, 6.45) is -4.46. The largest absolute Gasteiger partial charge is 0.456 e. The second kappa shape index (κ2) is 5.54. The third-order valence-corrected chi connectivity index (χ3v) is 3.45. The Balaban J connectivity index is 2.45. The van der Waals surface area contributed by atoms with Gasteiger partial charge in [0.25, 0.3) is 0 Å². The maximum absolute atomic E-state index is 12.9. The van der Waals surface area contributed by atoms with Gasteiger partial charge >= 0.3 is 6.18 Å². The van der Waals surface area contributed by atoms with Crippen molar-refractivity contribution in [2.75, 3.05) is 0 Å². The van der Waals surface area contributed by atoms with Crippen LogP contribution in [-0.4, -0.2) is 0 Å². The van der Waals surface area contributed by atoms with Gasteiger partial charge in [-0.3, -0.25) is 0 Å². The SMILES string of the molecule is FC(F)(F)c1ccc(Br)cc1Oc1ccccc1Br. The number of rotatable bonds is 2. The summed E-state index contributed by atoms with van der Waals surface area (Å²) in [5.74, 6) is 0.0832. The monoisotopic (exact) mass is 394 g/mol. The van der Waals surface area contributed by atoms with Crippen LogP contribution in [0.3, 0.4) is 0 Å². The molecule has 0 aliphatic carbocycles. The summed E-state index contributed by atoms with van der Waals surface area (Å²) in [4.78, 5) is 0. The van der Waals surface area contributed by atoms with E-state index in [-0.39, 0.29) is 5.75 Å². The highest BCUT2D eigenvalue weighted by atomic mass is 79.9. The van der Waals surface area contributed by atoms with Crippen LogP contribution in [0.25, 0.3) is 0 Å². The average Bonchev–Trinajstić information content (AvgIpc) is 2.30. The molecule has 0 aromatic heterocycles. The fourth-order valence-electron chi connectivity index (χ4n) is 1.46. The number of hydrogen-bond donors (Lipinski definition) is 0. The maximum Gasteiger partial charge on any atom is 0.419 e. The Bertz CT molecular complexity index is 597. The zero-order chi connectivity index (χ0) is 14.0. The Morgan fingerprint density at radius 3 is 2.21 bits per heavy atom. The number of para-hydroxylation sites is 1. The number of halogens is 5. The molecule has 0 unspecified atom stereocenters. The summed E-state index contributed by atoms with van der Waals surface area (Å²) < 4.78 is 45.1. The van der Waals surface area contributed by atoms with Crippen LogP contribution in [0.5, 0.6) is 11.5 Å². The lowest BCUT2D eigenvalue weighted by atomic mass is 10.2. The molecule has 0 amide bonds. The van der Waals surface area contributed by atoms with Gasteiger partial charge in [0, 0.05) is 4.47 Å². The molecular weight excluding hydrogens is 389 g/mol. The van der Waals surface area contributed by atoms with Crippen molar-refractivity contribution in [3.05, 3.63) is 57.0 Å².